The molecular formula is C7H9Cl2N3. The van der Waals surface area contributed by atoms with Gasteiger partial charge in [-0.1, -0.05) is 43.0 Å². The number of hydrogen-bond donors (Lipinski definition) is 0. The molecule has 0 saturated carbocycles. The fourth-order valence-corrected chi connectivity index (χ4v) is 1.40. The summed E-state index contributed by atoms with van der Waals surface area (Å²) in [5.74, 6) is 0. The van der Waals surface area contributed by atoms with E-state index in [4.69, 9.17) is 28.5 Å². The third-order valence-electron chi connectivity index (χ3n) is 1.81. The monoisotopic (exact) mass is 205 g/mol. The van der Waals surface area contributed by atoms with E-state index < -0.39 is 10.00 Å². The Morgan fingerprint density at radius 1 is 1.50 bits per heavy atom. The summed E-state index contributed by atoms with van der Waals surface area (Å²) in [5.41, 5.74) is -1.18. The number of alkyl halides is 2. The summed E-state index contributed by atoms with van der Waals surface area (Å²) in [6.07, 6.45) is 2.41. The van der Waals surface area contributed by atoms with Crippen LogP contribution in [0.5, 0.6) is 0 Å². The van der Waals surface area contributed by atoms with Gasteiger partial charge in [-0.3, -0.25) is 0 Å². The molecule has 0 amide bonds. The number of hydrogen-bond acceptors (Lipinski definition) is 3. The topological polar surface area (TPSA) is 48.5 Å². The molecule has 0 bridgehead atoms. The lowest BCUT2D eigenvalue weighted by molar-refractivity contribution is 0.555. The van der Waals surface area contributed by atoms with Crippen LogP contribution in [0.25, 0.3) is 0 Å². The van der Waals surface area contributed by atoms with Crippen molar-refractivity contribution in [3.8, 4) is 6.07 Å². The second-order valence-electron chi connectivity index (χ2n) is 2.79. The first kappa shape index (κ1) is 9.76. The van der Waals surface area contributed by atoms with Crippen LogP contribution in [0.1, 0.15) is 26.2 Å². The highest BCUT2D eigenvalue weighted by molar-refractivity contribution is 6.49. The Morgan fingerprint density at radius 3 is 2.42 bits per heavy atom. The summed E-state index contributed by atoms with van der Waals surface area (Å²) in [4.78, 5) is 0. The molecule has 0 aromatic carbocycles. The lowest BCUT2D eigenvalue weighted by Crippen LogP contribution is -2.33. The Bertz CT molecular complexity index is 236. The molecule has 3 nitrogen and oxygen atoms in total. The first-order chi connectivity index (χ1) is 5.58. The standard InChI is InChI=1S/C7H9Cl2N3/c1-2-3-4-6(8,9)7(5-10)11-12-7/h2-4H2,1H3. The maximum absolute atomic E-state index is 8.69. The minimum atomic E-state index is -1.18. The molecule has 0 spiro atoms. The third-order valence-corrected chi connectivity index (χ3v) is 2.72. The molecule has 1 rings (SSSR count). The summed E-state index contributed by atoms with van der Waals surface area (Å²) < 4.78 is -1.14. The van der Waals surface area contributed by atoms with E-state index in [-0.39, 0.29) is 0 Å². The third kappa shape index (κ3) is 1.55. The van der Waals surface area contributed by atoms with Crippen LogP contribution in [-0.4, -0.2) is 10.00 Å². The van der Waals surface area contributed by atoms with Crippen molar-refractivity contribution >= 4 is 23.2 Å². The SMILES string of the molecule is CCCCC(Cl)(Cl)C1(C#N)N=N1. The minimum Gasteiger partial charge on any atom is -0.193 e. The Labute approximate surface area is 81.4 Å². The highest BCUT2D eigenvalue weighted by Crippen LogP contribution is 2.48. The molecule has 66 valence electrons. The predicted molar refractivity (Wildman–Crippen MR) is 47.2 cm³/mol. The zero-order valence-corrected chi connectivity index (χ0v) is 8.23. The molecular weight excluding hydrogens is 197 g/mol. The minimum absolute atomic E-state index is 0.549. The molecule has 0 aromatic heterocycles. The zero-order chi connectivity index (χ0) is 9.24. The van der Waals surface area contributed by atoms with Gasteiger partial charge in [0.15, 0.2) is 4.33 Å². The fraction of sp³-hybridized carbons (Fsp3) is 0.857. The molecule has 0 radical (unpaired) electrons. The quantitative estimate of drug-likeness (QED) is 0.652. The van der Waals surface area contributed by atoms with Gasteiger partial charge in [0.05, 0.1) is 0 Å². The van der Waals surface area contributed by atoms with E-state index in [1.54, 1.807) is 0 Å². The second-order valence-corrected chi connectivity index (χ2v) is 4.28. The average molecular weight is 206 g/mol. The molecule has 0 aromatic rings. The van der Waals surface area contributed by atoms with Crippen molar-refractivity contribution in [3.63, 3.8) is 0 Å². The number of halogens is 2. The Morgan fingerprint density at radius 2 is 2.08 bits per heavy atom. The van der Waals surface area contributed by atoms with Crippen molar-refractivity contribution in [2.75, 3.05) is 0 Å². The predicted octanol–water partition coefficient (Wildman–Crippen LogP) is 3.04. The largest absolute Gasteiger partial charge is 0.307 e. The molecule has 5 heteroatoms. The van der Waals surface area contributed by atoms with Gasteiger partial charge < -0.3 is 0 Å². The number of nitriles is 1. The van der Waals surface area contributed by atoms with Crippen LogP contribution >= 0.6 is 23.2 Å². The maximum Gasteiger partial charge on any atom is 0.307 e. The van der Waals surface area contributed by atoms with Gasteiger partial charge in [0.25, 0.3) is 0 Å². The summed E-state index contributed by atoms with van der Waals surface area (Å²) in [6.45, 7) is 2.03. The molecule has 0 fully saturated rings. The molecule has 0 N–H and O–H groups in total. The van der Waals surface area contributed by atoms with Gasteiger partial charge in [0.1, 0.15) is 6.07 Å². The van der Waals surface area contributed by atoms with Crippen LogP contribution in [0.4, 0.5) is 0 Å². The zero-order valence-electron chi connectivity index (χ0n) is 6.72. The first-order valence-corrected chi connectivity index (χ1v) is 4.57. The highest BCUT2D eigenvalue weighted by Gasteiger charge is 2.58. The van der Waals surface area contributed by atoms with Gasteiger partial charge in [-0.25, -0.2) is 0 Å². The molecule has 0 saturated heterocycles. The van der Waals surface area contributed by atoms with Crippen molar-refractivity contribution in [3.05, 3.63) is 0 Å². The van der Waals surface area contributed by atoms with E-state index in [0.29, 0.717) is 6.42 Å². The van der Waals surface area contributed by atoms with E-state index in [9.17, 15) is 0 Å². The summed E-state index contributed by atoms with van der Waals surface area (Å²) in [6, 6.07) is 1.90. The van der Waals surface area contributed by atoms with Crippen LogP contribution in [0.3, 0.4) is 0 Å². The van der Waals surface area contributed by atoms with Crippen LogP contribution in [0, 0.1) is 11.3 Å². The summed E-state index contributed by atoms with van der Waals surface area (Å²) in [7, 11) is 0. The van der Waals surface area contributed by atoms with Crippen molar-refractivity contribution < 1.29 is 0 Å². The Hall–Kier alpha value is -0.330. The molecule has 0 aliphatic carbocycles. The summed E-state index contributed by atoms with van der Waals surface area (Å²) in [5, 5.41) is 15.8. The van der Waals surface area contributed by atoms with Gasteiger partial charge in [0, 0.05) is 0 Å². The van der Waals surface area contributed by atoms with Gasteiger partial charge in [-0.2, -0.15) is 5.26 Å². The van der Waals surface area contributed by atoms with Gasteiger partial charge in [-0.05, 0) is 6.42 Å². The molecule has 1 aliphatic rings. The molecule has 12 heavy (non-hydrogen) atoms. The van der Waals surface area contributed by atoms with Crippen LogP contribution in [0.2, 0.25) is 0 Å². The van der Waals surface area contributed by atoms with Crippen molar-refractivity contribution in [2.24, 2.45) is 10.2 Å². The van der Waals surface area contributed by atoms with E-state index >= 15 is 0 Å². The van der Waals surface area contributed by atoms with Crippen molar-refractivity contribution in [1.82, 2.24) is 0 Å². The number of unbranched alkanes of at least 4 members (excludes halogenated alkanes) is 1. The number of rotatable bonds is 4. The van der Waals surface area contributed by atoms with Crippen LogP contribution < -0.4 is 0 Å². The molecule has 1 aliphatic heterocycles. The lowest BCUT2D eigenvalue weighted by Gasteiger charge is -2.19. The normalized spacial score (nSPS) is 18.8. The Kier molecular flexibility index (Phi) is 2.60. The van der Waals surface area contributed by atoms with E-state index in [2.05, 4.69) is 10.2 Å². The van der Waals surface area contributed by atoms with Gasteiger partial charge >= 0.3 is 5.66 Å². The number of nitrogens with zero attached hydrogens (tertiary/aromatic N) is 3. The van der Waals surface area contributed by atoms with E-state index in [0.717, 1.165) is 12.8 Å². The average Bonchev–Trinajstić information content (AvgIpc) is 2.81. The maximum atomic E-state index is 8.69. The second kappa shape index (κ2) is 3.20. The summed E-state index contributed by atoms with van der Waals surface area (Å²) >= 11 is 11.8. The van der Waals surface area contributed by atoms with Gasteiger partial charge in [0.2, 0.25) is 0 Å². The highest BCUT2D eigenvalue weighted by atomic mass is 35.5. The Balaban J connectivity index is 2.54. The first-order valence-electron chi connectivity index (χ1n) is 3.81. The lowest BCUT2D eigenvalue weighted by atomic mass is 10.1. The van der Waals surface area contributed by atoms with Crippen LogP contribution in [0.15, 0.2) is 10.2 Å². The van der Waals surface area contributed by atoms with Crippen LogP contribution in [-0.2, 0) is 0 Å². The van der Waals surface area contributed by atoms with Crippen molar-refractivity contribution in [1.29, 1.82) is 5.26 Å². The molecule has 0 unspecified atom stereocenters. The molecule has 1 heterocycles. The fourth-order valence-electron chi connectivity index (χ4n) is 0.896. The van der Waals surface area contributed by atoms with E-state index in [1.165, 1.54) is 0 Å². The van der Waals surface area contributed by atoms with Crippen molar-refractivity contribution in [2.45, 2.75) is 36.2 Å². The van der Waals surface area contributed by atoms with Gasteiger partial charge in [-0.15, -0.1) is 10.2 Å². The van der Waals surface area contributed by atoms with E-state index in [1.807, 2.05) is 13.0 Å². The smallest absolute Gasteiger partial charge is 0.193 e. The molecule has 0 atom stereocenters.